The molecule has 0 saturated heterocycles. The summed E-state index contributed by atoms with van der Waals surface area (Å²) in [6.45, 7) is 2.42. The molecule has 19 heavy (non-hydrogen) atoms. The minimum Gasteiger partial charge on any atom is -0.311 e. The lowest BCUT2D eigenvalue weighted by molar-refractivity contribution is 0.311. The first-order valence-electron chi connectivity index (χ1n) is 8.16. The molecule has 1 heteroatoms. The number of nitrogens with one attached hydrogen (secondary N) is 1. The van der Waals surface area contributed by atoms with Crippen LogP contribution in [0.15, 0.2) is 24.3 Å². The molecule has 0 amide bonds. The summed E-state index contributed by atoms with van der Waals surface area (Å²) in [5, 5.41) is 3.92. The van der Waals surface area contributed by atoms with E-state index in [1.54, 1.807) is 11.1 Å². The van der Waals surface area contributed by atoms with E-state index in [2.05, 4.69) is 36.5 Å². The van der Waals surface area contributed by atoms with E-state index in [1.165, 1.54) is 51.4 Å². The summed E-state index contributed by atoms with van der Waals surface area (Å²) in [5.41, 5.74) is 3.13. The van der Waals surface area contributed by atoms with Crippen LogP contribution in [0.5, 0.6) is 0 Å². The molecule has 1 aromatic carbocycles. The van der Waals surface area contributed by atoms with E-state index in [0.717, 1.165) is 5.92 Å². The Morgan fingerprint density at radius 2 is 1.53 bits per heavy atom. The van der Waals surface area contributed by atoms with Crippen molar-refractivity contribution in [3.05, 3.63) is 35.4 Å². The molecule has 0 aliphatic heterocycles. The van der Waals surface area contributed by atoms with Crippen LogP contribution in [0.2, 0.25) is 0 Å². The van der Waals surface area contributed by atoms with Gasteiger partial charge in [-0.2, -0.15) is 0 Å². The molecule has 0 unspecified atom stereocenters. The van der Waals surface area contributed by atoms with Gasteiger partial charge in [0, 0.05) is 12.1 Å². The van der Waals surface area contributed by atoms with Crippen LogP contribution in [-0.2, 0) is 12.8 Å². The maximum atomic E-state index is 3.92. The Hall–Kier alpha value is -0.820. The average Bonchev–Trinajstić information content (AvgIpc) is 2.63. The van der Waals surface area contributed by atoms with Crippen LogP contribution >= 0.6 is 0 Å². The highest BCUT2D eigenvalue weighted by atomic mass is 15.0. The Kier molecular flexibility index (Phi) is 4.22. The van der Waals surface area contributed by atoms with Gasteiger partial charge in [-0.15, -0.1) is 0 Å². The van der Waals surface area contributed by atoms with Gasteiger partial charge in [-0.05, 0) is 49.7 Å². The zero-order valence-electron chi connectivity index (χ0n) is 12.2. The highest BCUT2D eigenvalue weighted by Crippen LogP contribution is 2.27. The van der Waals surface area contributed by atoms with E-state index in [9.17, 15) is 0 Å². The Bertz CT molecular complexity index is 379. The van der Waals surface area contributed by atoms with Crippen LogP contribution in [-0.4, -0.2) is 12.1 Å². The Labute approximate surface area is 117 Å². The van der Waals surface area contributed by atoms with E-state index in [4.69, 9.17) is 0 Å². The van der Waals surface area contributed by atoms with Crippen molar-refractivity contribution in [3.63, 3.8) is 0 Å². The first kappa shape index (κ1) is 13.2. The Balaban J connectivity index is 1.55. The monoisotopic (exact) mass is 257 g/mol. The maximum absolute atomic E-state index is 3.92. The van der Waals surface area contributed by atoms with Crippen LogP contribution in [0, 0.1) is 5.92 Å². The summed E-state index contributed by atoms with van der Waals surface area (Å²) < 4.78 is 0. The molecule has 0 spiro atoms. The van der Waals surface area contributed by atoms with Crippen molar-refractivity contribution in [2.45, 2.75) is 70.4 Å². The quantitative estimate of drug-likeness (QED) is 0.804. The van der Waals surface area contributed by atoms with Gasteiger partial charge in [-0.1, -0.05) is 49.9 Å². The Morgan fingerprint density at radius 1 is 0.947 bits per heavy atom. The van der Waals surface area contributed by atoms with Crippen molar-refractivity contribution in [3.8, 4) is 0 Å². The fourth-order valence-corrected chi connectivity index (χ4v) is 4.00. The summed E-state index contributed by atoms with van der Waals surface area (Å²) >= 11 is 0. The van der Waals surface area contributed by atoms with Gasteiger partial charge in [0.1, 0.15) is 0 Å². The number of fused-ring (bicyclic) bond motifs is 1. The second-order valence-corrected chi connectivity index (χ2v) is 6.58. The molecule has 0 bridgehead atoms. The number of hydrogen-bond donors (Lipinski definition) is 1. The molecule has 1 saturated carbocycles. The number of rotatable bonds is 3. The molecule has 1 fully saturated rings. The van der Waals surface area contributed by atoms with Crippen LogP contribution in [0.1, 0.15) is 56.6 Å². The molecule has 104 valence electrons. The second-order valence-electron chi connectivity index (χ2n) is 6.58. The van der Waals surface area contributed by atoms with Crippen LogP contribution in [0.25, 0.3) is 0 Å². The van der Waals surface area contributed by atoms with Crippen molar-refractivity contribution in [1.29, 1.82) is 0 Å². The van der Waals surface area contributed by atoms with Crippen LogP contribution < -0.4 is 5.32 Å². The van der Waals surface area contributed by atoms with Crippen molar-refractivity contribution >= 4 is 0 Å². The minimum atomic E-state index is 0.677. The molecule has 1 atom stereocenters. The standard InChI is InChI=1S/C18H27N/c1-14(15-8-4-2-3-5-9-15)19-18-12-16-10-6-7-11-17(16)13-18/h6-7,10-11,14-15,18-19H,2-5,8-9,12-13H2,1H3/t14-/m0/s1. The largest absolute Gasteiger partial charge is 0.311 e. The van der Waals surface area contributed by atoms with E-state index in [-0.39, 0.29) is 0 Å². The molecule has 3 rings (SSSR count). The van der Waals surface area contributed by atoms with Crippen LogP contribution in [0.4, 0.5) is 0 Å². The third kappa shape index (κ3) is 3.20. The minimum absolute atomic E-state index is 0.677. The van der Waals surface area contributed by atoms with Gasteiger partial charge in [0.25, 0.3) is 0 Å². The lowest BCUT2D eigenvalue weighted by atomic mass is 9.92. The summed E-state index contributed by atoms with van der Waals surface area (Å²) in [6, 6.07) is 10.3. The number of hydrogen-bond acceptors (Lipinski definition) is 1. The van der Waals surface area contributed by atoms with E-state index >= 15 is 0 Å². The second kappa shape index (κ2) is 6.09. The molecule has 0 aromatic heterocycles. The van der Waals surface area contributed by atoms with Gasteiger partial charge in [0.05, 0.1) is 0 Å². The topological polar surface area (TPSA) is 12.0 Å². The highest BCUT2D eigenvalue weighted by Gasteiger charge is 2.25. The molecule has 1 N–H and O–H groups in total. The fraction of sp³-hybridized carbons (Fsp3) is 0.667. The van der Waals surface area contributed by atoms with Gasteiger partial charge >= 0.3 is 0 Å². The summed E-state index contributed by atoms with van der Waals surface area (Å²) in [6.07, 6.45) is 11.1. The zero-order valence-corrected chi connectivity index (χ0v) is 12.2. The van der Waals surface area contributed by atoms with E-state index in [0.29, 0.717) is 12.1 Å². The molecule has 0 radical (unpaired) electrons. The van der Waals surface area contributed by atoms with Gasteiger partial charge < -0.3 is 5.32 Å². The molecule has 0 heterocycles. The molecule has 1 aromatic rings. The van der Waals surface area contributed by atoms with Crippen molar-refractivity contribution in [1.82, 2.24) is 5.32 Å². The summed E-state index contributed by atoms with van der Waals surface area (Å²) in [4.78, 5) is 0. The van der Waals surface area contributed by atoms with Gasteiger partial charge in [-0.25, -0.2) is 0 Å². The zero-order chi connectivity index (χ0) is 13.1. The summed E-state index contributed by atoms with van der Waals surface area (Å²) in [5.74, 6) is 0.909. The van der Waals surface area contributed by atoms with Crippen molar-refractivity contribution in [2.75, 3.05) is 0 Å². The first-order valence-corrected chi connectivity index (χ1v) is 8.16. The average molecular weight is 257 g/mol. The number of benzene rings is 1. The molecular weight excluding hydrogens is 230 g/mol. The van der Waals surface area contributed by atoms with E-state index in [1.807, 2.05) is 0 Å². The molecular formula is C18H27N. The van der Waals surface area contributed by atoms with Crippen molar-refractivity contribution < 1.29 is 0 Å². The van der Waals surface area contributed by atoms with Crippen LogP contribution in [0.3, 0.4) is 0 Å². The predicted octanol–water partition coefficient (Wildman–Crippen LogP) is 4.10. The first-order chi connectivity index (χ1) is 9.33. The molecule has 1 nitrogen and oxygen atoms in total. The Morgan fingerprint density at radius 3 is 2.11 bits per heavy atom. The van der Waals surface area contributed by atoms with Crippen molar-refractivity contribution in [2.24, 2.45) is 5.92 Å². The highest BCUT2D eigenvalue weighted by molar-refractivity contribution is 5.33. The predicted molar refractivity (Wildman–Crippen MR) is 81.4 cm³/mol. The van der Waals surface area contributed by atoms with Gasteiger partial charge in [0.15, 0.2) is 0 Å². The van der Waals surface area contributed by atoms with Gasteiger partial charge in [0.2, 0.25) is 0 Å². The van der Waals surface area contributed by atoms with Gasteiger partial charge in [-0.3, -0.25) is 0 Å². The molecule has 2 aliphatic carbocycles. The lowest BCUT2D eigenvalue weighted by Crippen LogP contribution is -2.41. The smallest absolute Gasteiger partial charge is 0.0151 e. The fourth-order valence-electron chi connectivity index (χ4n) is 4.00. The molecule has 2 aliphatic rings. The normalized spacial score (nSPS) is 23.0. The third-order valence-corrected chi connectivity index (χ3v) is 5.16. The SMILES string of the molecule is C[C@H](NC1Cc2ccccc2C1)C1CCCCCC1. The third-order valence-electron chi connectivity index (χ3n) is 5.16. The lowest BCUT2D eigenvalue weighted by Gasteiger charge is -2.27. The summed E-state index contributed by atoms with van der Waals surface area (Å²) in [7, 11) is 0. The van der Waals surface area contributed by atoms with E-state index < -0.39 is 0 Å². The maximum Gasteiger partial charge on any atom is 0.0151 e.